The maximum absolute atomic E-state index is 13.2. The SMILES string of the molecule is O=C(NCC1CC1)c1ccc2c(n1)CCN(C(=O)c1ccccc1C(F)(F)F)C2. The van der Waals surface area contributed by atoms with Crippen LogP contribution < -0.4 is 5.32 Å². The second-order valence-electron chi connectivity index (χ2n) is 7.48. The summed E-state index contributed by atoms with van der Waals surface area (Å²) in [6.07, 6.45) is -1.93. The van der Waals surface area contributed by atoms with Gasteiger partial charge in [-0.25, -0.2) is 4.98 Å². The molecule has 1 saturated carbocycles. The average Bonchev–Trinajstić information content (AvgIpc) is 3.54. The number of amides is 2. The Hall–Kier alpha value is -2.90. The Morgan fingerprint density at radius 3 is 2.62 bits per heavy atom. The van der Waals surface area contributed by atoms with E-state index in [-0.39, 0.29) is 24.6 Å². The Balaban J connectivity index is 1.49. The molecular formula is C21H20F3N3O2. The summed E-state index contributed by atoms with van der Waals surface area (Å²) in [5.41, 5.74) is 0.487. The predicted molar refractivity (Wildman–Crippen MR) is 99.2 cm³/mol. The Kier molecular flexibility index (Phi) is 5.02. The summed E-state index contributed by atoms with van der Waals surface area (Å²) in [6, 6.07) is 8.13. The third kappa shape index (κ3) is 4.26. The molecule has 1 aromatic carbocycles. The van der Waals surface area contributed by atoms with Crippen LogP contribution in [0.2, 0.25) is 0 Å². The van der Waals surface area contributed by atoms with E-state index in [2.05, 4.69) is 10.3 Å². The maximum atomic E-state index is 13.2. The van der Waals surface area contributed by atoms with Crippen molar-refractivity contribution in [2.45, 2.75) is 32.0 Å². The van der Waals surface area contributed by atoms with E-state index in [1.165, 1.54) is 23.1 Å². The summed E-state index contributed by atoms with van der Waals surface area (Å²) in [4.78, 5) is 30.8. The molecule has 0 spiro atoms. The third-order valence-corrected chi connectivity index (χ3v) is 5.28. The largest absolute Gasteiger partial charge is 0.417 e. The Morgan fingerprint density at radius 1 is 1.14 bits per heavy atom. The van der Waals surface area contributed by atoms with Gasteiger partial charge in [0.15, 0.2) is 0 Å². The molecule has 8 heteroatoms. The molecule has 4 rings (SSSR count). The minimum atomic E-state index is -4.59. The van der Waals surface area contributed by atoms with Crippen molar-refractivity contribution < 1.29 is 22.8 Å². The van der Waals surface area contributed by atoms with Gasteiger partial charge in [-0.3, -0.25) is 9.59 Å². The standard InChI is InChI=1S/C21H20F3N3O2/c22-21(23,24)16-4-2-1-3-15(16)20(29)27-10-9-17-14(12-27)7-8-18(26-17)19(28)25-11-13-5-6-13/h1-4,7-8,13H,5-6,9-12H2,(H,25,28). The van der Waals surface area contributed by atoms with Gasteiger partial charge >= 0.3 is 6.18 Å². The molecule has 0 radical (unpaired) electrons. The summed E-state index contributed by atoms with van der Waals surface area (Å²) in [6.45, 7) is 1.06. The molecule has 1 aliphatic carbocycles. The van der Waals surface area contributed by atoms with Gasteiger partial charge in [-0.2, -0.15) is 13.2 Å². The fourth-order valence-corrected chi connectivity index (χ4v) is 3.45. The Morgan fingerprint density at radius 2 is 1.90 bits per heavy atom. The van der Waals surface area contributed by atoms with Gasteiger partial charge in [-0.05, 0) is 42.5 Å². The molecule has 0 bridgehead atoms. The number of halogens is 3. The van der Waals surface area contributed by atoms with E-state index in [0.29, 0.717) is 30.3 Å². The van der Waals surface area contributed by atoms with Crippen LogP contribution >= 0.6 is 0 Å². The predicted octanol–water partition coefficient (Wildman–Crippen LogP) is 3.44. The molecule has 0 saturated heterocycles. The van der Waals surface area contributed by atoms with Gasteiger partial charge in [-0.15, -0.1) is 0 Å². The van der Waals surface area contributed by atoms with Gasteiger partial charge in [0, 0.05) is 31.7 Å². The molecule has 0 atom stereocenters. The molecule has 2 aliphatic rings. The smallest absolute Gasteiger partial charge is 0.350 e. The summed E-state index contributed by atoms with van der Waals surface area (Å²) in [5, 5.41) is 2.86. The number of nitrogens with zero attached hydrogens (tertiary/aromatic N) is 2. The highest BCUT2D eigenvalue weighted by atomic mass is 19.4. The van der Waals surface area contributed by atoms with Crippen molar-refractivity contribution in [1.82, 2.24) is 15.2 Å². The fourth-order valence-electron chi connectivity index (χ4n) is 3.45. The lowest BCUT2D eigenvalue weighted by molar-refractivity contribution is -0.138. The normalized spacial score (nSPS) is 16.3. The molecule has 1 N–H and O–H groups in total. The van der Waals surface area contributed by atoms with E-state index in [1.807, 2.05) is 0 Å². The van der Waals surface area contributed by atoms with Gasteiger partial charge in [0.25, 0.3) is 11.8 Å². The zero-order valence-electron chi connectivity index (χ0n) is 15.6. The highest BCUT2D eigenvalue weighted by Gasteiger charge is 2.36. The van der Waals surface area contributed by atoms with E-state index in [9.17, 15) is 22.8 Å². The number of aromatic nitrogens is 1. The van der Waals surface area contributed by atoms with E-state index in [4.69, 9.17) is 0 Å². The zero-order valence-corrected chi connectivity index (χ0v) is 15.6. The molecule has 1 aromatic heterocycles. The van der Waals surface area contributed by atoms with Crippen molar-refractivity contribution in [3.8, 4) is 0 Å². The van der Waals surface area contributed by atoms with Crippen LogP contribution in [0.15, 0.2) is 36.4 Å². The molecular weight excluding hydrogens is 383 g/mol. The number of carbonyl (C=O) groups is 2. The van der Waals surface area contributed by atoms with Crippen LogP contribution in [0.1, 0.15) is 50.5 Å². The van der Waals surface area contributed by atoms with E-state index in [0.717, 1.165) is 24.5 Å². The van der Waals surface area contributed by atoms with Gasteiger partial charge in [0.05, 0.1) is 11.1 Å². The summed E-state index contributed by atoms with van der Waals surface area (Å²) in [7, 11) is 0. The number of hydrogen-bond acceptors (Lipinski definition) is 3. The lowest BCUT2D eigenvalue weighted by Crippen LogP contribution is -2.37. The number of carbonyl (C=O) groups excluding carboxylic acids is 2. The summed E-state index contributed by atoms with van der Waals surface area (Å²) >= 11 is 0. The molecule has 5 nitrogen and oxygen atoms in total. The lowest BCUT2D eigenvalue weighted by Gasteiger charge is -2.29. The number of rotatable bonds is 4. The van der Waals surface area contributed by atoms with Crippen molar-refractivity contribution in [2.75, 3.05) is 13.1 Å². The van der Waals surface area contributed by atoms with E-state index < -0.39 is 17.6 Å². The van der Waals surface area contributed by atoms with Crippen LogP contribution in [0, 0.1) is 5.92 Å². The van der Waals surface area contributed by atoms with Gasteiger partial charge < -0.3 is 10.2 Å². The maximum Gasteiger partial charge on any atom is 0.417 e. The number of benzene rings is 1. The van der Waals surface area contributed by atoms with E-state index >= 15 is 0 Å². The Labute approximate surface area is 165 Å². The molecule has 29 heavy (non-hydrogen) atoms. The van der Waals surface area contributed by atoms with Crippen molar-refractivity contribution in [3.05, 3.63) is 64.5 Å². The van der Waals surface area contributed by atoms with Crippen LogP contribution in [0.25, 0.3) is 0 Å². The number of fused-ring (bicyclic) bond motifs is 1. The van der Waals surface area contributed by atoms with Crippen LogP contribution in [-0.2, 0) is 19.1 Å². The quantitative estimate of drug-likeness (QED) is 0.851. The zero-order chi connectivity index (χ0) is 20.6. The van der Waals surface area contributed by atoms with Crippen molar-refractivity contribution in [2.24, 2.45) is 5.92 Å². The molecule has 0 unspecified atom stereocenters. The second kappa shape index (κ2) is 7.50. The summed E-state index contributed by atoms with van der Waals surface area (Å²) < 4.78 is 39.7. The van der Waals surface area contributed by atoms with Crippen molar-refractivity contribution in [3.63, 3.8) is 0 Å². The van der Waals surface area contributed by atoms with Gasteiger partial charge in [0.1, 0.15) is 5.69 Å². The first-order valence-corrected chi connectivity index (χ1v) is 9.55. The topological polar surface area (TPSA) is 62.3 Å². The molecule has 2 heterocycles. The van der Waals surface area contributed by atoms with Crippen molar-refractivity contribution >= 4 is 11.8 Å². The monoisotopic (exact) mass is 403 g/mol. The molecule has 2 amide bonds. The minimum absolute atomic E-state index is 0.164. The van der Waals surface area contributed by atoms with Gasteiger partial charge in [0.2, 0.25) is 0 Å². The first-order chi connectivity index (χ1) is 13.8. The lowest BCUT2D eigenvalue weighted by atomic mass is 10.0. The first kappa shape index (κ1) is 19.4. The Bertz CT molecular complexity index is 954. The molecule has 2 aromatic rings. The van der Waals surface area contributed by atoms with Gasteiger partial charge in [-0.1, -0.05) is 18.2 Å². The molecule has 1 aliphatic heterocycles. The number of alkyl halides is 3. The third-order valence-electron chi connectivity index (χ3n) is 5.28. The minimum Gasteiger partial charge on any atom is -0.350 e. The van der Waals surface area contributed by atoms with Crippen LogP contribution in [0.3, 0.4) is 0 Å². The summed E-state index contributed by atoms with van der Waals surface area (Å²) in [5.74, 6) is -0.317. The highest BCUT2D eigenvalue weighted by Crippen LogP contribution is 2.33. The van der Waals surface area contributed by atoms with Crippen LogP contribution in [0.5, 0.6) is 0 Å². The van der Waals surface area contributed by atoms with Crippen molar-refractivity contribution in [1.29, 1.82) is 0 Å². The first-order valence-electron chi connectivity index (χ1n) is 9.55. The second-order valence-corrected chi connectivity index (χ2v) is 7.48. The fraction of sp³-hybridized carbons (Fsp3) is 0.381. The highest BCUT2D eigenvalue weighted by molar-refractivity contribution is 5.96. The van der Waals surface area contributed by atoms with E-state index in [1.54, 1.807) is 12.1 Å². The molecule has 1 fully saturated rings. The number of nitrogens with one attached hydrogen (secondary N) is 1. The van der Waals surface area contributed by atoms with Crippen LogP contribution in [0.4, 0.5) is 13.2 Å². The average molecular weight is 403 g/mol. The molecule has 152 valence electrons. The number of hydrogen-bond donors (Lipinski definition) is 1. The number of pyridine rings is 1. The van der Waals surface area contributed by atoms with Crippen LogP contribution in [-0.4, -0.2) is 34.8 Å².